The van der Waals surface area contributed by atoms with Gasteiger partial charge in [0.05, 0.1) is 15.5 Å². The minimum absolute atomic E-state index is 0.00146. The highest BCUT2D eigenvalue weighted by molar-refractivity contribution is 7.90. The first-order valence-corrected chi connectivity index (χ1v) is 10.1. The van der Waals surface area contributed by atoms with Gasteiger partial charge in [-0.15, -0.1) is 0 Å². The average molecular weight is 413 g/mol. The second-order valence-electron chi connectivity index (χ2n) is 6.72. The highest BCUT2D eigenvalue weighted by atomic mass is 35.5. The summed E-state index contributed by atoms with van der Waals surface area (Å²) < 4.78 is 56.6. The van der Waals surface area contributed by atoms with Crippen LogP contribution in [0, 0.1) is 11.6 Å². The zero-order chi connectivity index (χ0) is 20.1. The Kier molecular flexibility index (Phi) is 4.64. The molecule has 0 fully saturated rings. The van der Waals surface area contributed by atoms with Crippen molar-refractivity contribution in [3.8, 4) is 0 Å². The van der Waals surface area contributed by atoms with Crippen LogP contribution < -0.4 is 0 Å². The Hall–Kier alpha value is -2.25. The molecule has 0 aliphatic carbocycles. The van der Waals surface area contributed by atoms with Crippen LogP contribution in [-0.2, 0) is 19.4 Å². The normalized spacial score (nSPS) is 16.6. The van der Waals surface area contributed by atoms with E-state index in [1.54, 1.807) is 0 Å². The molecule has 0 radical (unpaired) electrons. The van der Waals surface area contributed by atoms with Crippen LogP contribution in [0.15, 0.2) is 41.3 Å². The number of Topliss-reactive ketones (excluding diaryl/α,β-unsaturated/α-hetero) is 1. The van der Waals surface area contributed by atoms with E-state index < -0.39 is 32.9 Å². The third kappa shape index (κ3) is 3.61. The first-order valence-electron chi connectivity index (χ1n) is 7.85. The Labute approximate surface area is 160 Å². The molecule has 0 spiro atoms. The smallest absolute Gasteiger partial charge is 0.210 e. The van der Waals surface area contributed by atoms with Gasteiger partial charge in [0.25, 0.3) is 0 Å². The van der Waals surface area contributed by atoms with Crippen LogP contribution in [-0.4, -0.2) is 26.1 Å². The molecule has 1 aliphatic heterocycles. The van der Waals surface area contributed by atoms with Crippen molar-refractivity contribution in [2.75, 3.05) is 6.26 Å². The molecule has 3 rings (SSSR count). The number of sulfone groups is 1. The molecule has 142 valence electrons. The van der Waals surface area contributed by atoms with Crippen LogP contribution in [0.1, 0.15) is 25.0 Å². The van der Waals surface area contributed by atoms with Crippen LogP contribution in [0.25, 0.3) is 11.3 Å². The van der Waals surface area contributed by atoms with Gasteiger partial charge in [-0.3, -0.25) is 4.79 Å². The van der Waals surface area contributed by atoms with E-state index in [1.165, 1.54) is 32.0 Å². The molecular weight excluding hydrogens is 398 g/mol. The Balaban J connectivity index is 2.25. The largest absolute Gasteiger partial charge is 0.478 e. The van der Waals surface area contributed by atoms with Gasteiger partial charge in [0.2, 0.25) is 5.78 Å². The molecule has 0 atom stereocenters. The molecule has 8 heteroatoms. The molecule has 0 aromatic heterocycles. The monoisotopic (exact) mass is 412 g/mol. The van der Waals surface area contributed by atoms with E-state index in [1.807, 2.05) is 0 Å². The van der Waals surface area contributed by atoms with Crippen molar-refractivity contribution in [2.45, 2.75) is 24.3 Å². The fourth-order valence-electron chi connectivity index (χ4n) is 2.86. The summed E-state index contributed by atoms with van der Waals surface area (Å²) in [5, 5.41) is -0.0481. The van der Waals surface area contributed by atoms with E-state index in [9.17, 15) is 22.0 Å². The van der Waals surface area contributed by atoms with Gasteiger partial charge in [0, 0.05) is 17.9 Å². The molecule has 27 heavy (non-hydrogen) atoms. The van der Waals surface area contributed by atoms with E-state index >= 15 is 0 Å². The zero-order valence-corrected chi connectivity index (χ0v) is 16.2. The van der Waals surface area contributed by atoms with Crippen molar-refractivity contribution in [1.29, 1.82) is 0 Å². The van der Waals surface area contributed by atoms with Crippen molar-refractivity contribution >= 4 is 38.6 Å². The molecule has 0 saturated heterocycles. The summed E-state index contributed by atoms with van der Waals surface area (Å²) >= 11 is 6.08. The maximum Gasteiger partial charge on any atom is 0.210 e. The van der Waals surface area contributed by atoms with Gasteiger partial charge in [-0.25, -0.2) is 17.2 Å². The highest BCUT2D eigenvalue weighted by Gasteiger charge is 2.43. The summed E-state index contributed by atoms with van der Waals surface area (Å²) in [5.41, 5.74) is -0.899. The summed E-state index contributed by atoms with van der Waals surface area (Å²) in [4.78, 5) is 12.7. The Bertz CT molecular complexity index is 1080. The maximum atomic E-state index is 13.7. The molecule has 0 N–H and O–H groups in total. The Morgan fingerprint density at radius 2 is 1.59 bits per heavy atom. The molecule has 2 aromatic rings. The van der Waals surface area contributed by atoms with Gasteiger partial charge in [0.1, 0.15) is 17.4 Å². The number of ketones is 1. The summed E-state index contributed by atoms with van der Waals surface area (Å²) in [7, 11) is -3.54. The fraction of sp³-hybridized carbons (Fsp3) is 0.211. The van der Waals surface area contributed by atoms with Crippen LogP contribution in [0.4, 0.5) is 8.78 Å². The molecular formula is C19H15ClF2O4S. The van der Waals surface area contributed by atoms with Crippen LogP contribution in [0.2, 0.25) is 5.02 Å². The molecule has 1 aliphatic rings. The van der Waals surface area contributed by atoms with E-state index in [0.717, 1.165) is 18.4 Å². The lowest BCUT2D eigenvalue weighted by atomic mass is 9.92. The van der Waals surface area contributed by atoms with E-state index in [-0.39, 0.29) is 26.8 Å². The fourth-order valence-corrected chi connectivity index (χ4v) is 4.19. The third-order valence-corrected chi connectivity index (χ3v) is 5.68. The van der Waals surface area contributed by atoms with Crippen molar-refractivity contribution in [3.05, 3.63) is 64.2 Å². The molecule has 0 amide bonds. The number of ether oxygens (including phenoxy) is 1. The summed E-state index contributed by atoms with van der Waals surface area (Å²) in [6, 6.07) is 6.84. The number of carbonyl (C=O) groups is 1. The first kappa shape index (κ1) is 19.5. The van der Waals surface area contributed by atoms with Gasteiger partial charge in [-0.05, 0) is 49.7 Å². The second kappa shape index (κ2) is 6.42. The third-order valence-electron chi connectivity index (χ3n) is 4.10. The number of carbonyl (C=O) groups excluding carboxylic acids is 1. The number of hydrogen-bond acceptors (Lipinski definition) is 4. The quantitative estimate of drug-likeness (QED) is 0.755. The van der Waals surface area contributed by atoms with Crippen LogP contribution in [0.5, 0.6) is 0 Å². The highest BCUT2D eigenvalue weighted by Crippen LogP contribution is 2.42. The van der Waals surface area contributed by atoms with Gasteiger partial charge in [-0.1, -0.05) is 11.6 Å². The van der Waals surface area contributed by atoms with Crippen LogP contribution >= 0.6 is 11.6 Å². The topological polar surface area (TPSA) is 60.4 Å². The Morgan fingerprint density at radius 1 is 1.00 bits per heavy atom. The number of hydrogen-bond donors (Lipinski definition) is 0. The number of benzene rings is 2. The first-order chi connectivity index (χ1) is 12.4. The SMILES string of the molecule is CC1(C)OC(c2ccc(S(C)(=O)=O)c(Cl)c2)=C(c2cc(F)cc(F)c2)C1=O. The lowest BCUT2D eigenvalue weighted by Gasteiger charge is -2.18. The average Bonchev–Trinajstić information content (AvgIpc) is 2.75. The zero-order valence-electron chi connectivity index (χ0n) is 14.6. The second-order valence-corrected chi connectivity index (χ2v) is 9.11. The predicted octanol–water partition coefficient (Wildman–Crippen LogP) is 4.27. The molecule has 0 unspecified atom stereocenters. The predicted molar refractivity (Wildman–Crippen MR) is 97.9 cm³/mol. The maximum absolute atomic E-state index is 13.7. The molecule has 2 aromatic carbocycles. The number of halogens is 3. The number of rotatable bonds is 3. The molecule has 0 saturated carbocycles. The minimum Gasteiger partial charge on any atom is -0.478 e. The summed E-state index contributed by atoms with van der Waals surface area (Å²) in [6.45, 7) is 3.06. The minimum atomic E-state index is -3.54. The molecule has 1 heterocycles. The molecule has 4 nitrogen and oxygen atoms in total. The lowest BCUT2D eigenvalue weighted by Crippen LogP contribution is -2.29. The van der Waals surface area contributed by atoms with Gasteiger partial charge >= 0.3 is 0 Å². The van der Waals surface area contributed by atoms with Gasteiger partial charge in [0.15, 0.2) is 15.4 Å². The summed E-state index contributed by atoms with van der Waals surface area (Å²) in [5.74, 6) is -2.04. The summed E-state index contributed by atoms with van der Waals surface area (Å²) in [6.07, 6.45) is 1.02. The standard InChI is InChI=1S/C19H15ClF2O4S/c1-19(2)18(23)16(11-6-12(21)9-13(22)7-11)17(26-19)10-4-5-15(14(20)8-10)27(3,24)25/h4-9H,1-3H3. The van der Waals surface area contributed by atoms with Crippen molar-refractivity contribution in [1.82, 2.24) is 0 Å². The lowest BCUT2D eigenvalue weighted by molar-refractivity contribution is -0.125. The van der Waals surface area contributed by atoms with Gasteiger partial charge < -0.3 is 4.74 Å². The van der Waals surface area contributed by atoms with Crippen molar-refractivity contribution in [3.63, 3.8) is 0 Å². The van der Waals surface area contributed by atoms with Gasteiger partial charge in [-0.2, -0.15) is 0 Å². The van der Waals surface area contributed by atoms with Crippen molar-refractivity contribution < 1.29 is 26.7 Å². The van der Waals surface area contributed by atoms with Crippen LogP contribution in [0.3, 0.4) is 0 Å². The molecule has 0 bridgehead atoms. The van der Waals surface area contributed by atoms with E-state index in [4.69, 9.17) is 16.3 Å². The van der Waals surface area contributed by atoms with Crippen molar-refractivity contribution in [2.24, 2.45) is 0 Å². The van der Waals surface area contributed by atoms with E-state index in [0.29, 0.717) is 11.6 Å². The van der Waals surface area contributed by atoms with E-state index in [2.05, 4.69) is 0 Å². The Morgan fingerprint density at radius 3 is 2.11 bits per heavy atom.